The van der Waals surface area contributed by atoms with Gasteiger partial charge in [0, 0.05) is 12.8 Å². The third kappa shape index (κ3) is 47.4. The number of unbranched alkanes of at least 4 members (excludes halogenated alkanes) is 32. The van der Waals surface area contributed by atoms with E-state index in [1.165, 1.54) is 167 Å². The van der Waals surface area contributed by atoms with Crippen molar-refractivity contribution < 1.29 is 24.5 Å². The first-order valence-corrected chi connectivity index (χ1v) is 26.7. The van der Waals surface area contributed by atoms with Crippen molar-refractivity contribution in [3.63, 3.8) is 0 Å². The van der Waals surface area contributed by atoms with Gasteiger partial charge in [-0.1, -0.05) is 217 Å². The van der Waals surface area contributed by atoms with Gasteiger partial charge in [0.1, 0.15) is 0 Å². The first-order valence-electron chi connectivity index (χ1n) is 26.7. The van der Waals surface area contributed by atoms with Crippen molar-refractivity contribution in [2.75, 3.05) is 13.2 Å². The summed E-state index contributed by atoms with van der Waals surface area (Å²) in [5.41, 5.74) is 0. The Morgan fingerprint density at radius 2 is 0.820 bits per heavy atom. The number of esters is 1. The van der Waals surface area contributed by atoms with Crippen LogP contribution in [0.3, 0.4) is 0 Å². The zero-order valence-corrected chi connectivity index (χ0v) is 40.6. The van der Waals surface area contributed by atoms with Gasteiger partial charge in [-0.15, -0.1) is 0 Å². The van der Waals surface area contributed by atoms with E-state index in [1.807, 2.05) is 0 Å². The number of hydrogen-bond acceptors (Lipinski definition) is 5. The van der Waals surface area contributed by atoms with Gasteiger partial charge in [-0.05, 0) is 83.5 Å². The first kappa shape index (κ1) is 59.1. The topological polar surface area (TPSA) is 95.9 Å². The average molecular weight is 858 g/mol. The second-order valence-corrected chi connectivity index (χ2v) is 18.2. The summed E-state index contributed by atoms with van der Waals surface area (Å²) in [5, 5.41) is 23.1. The Labute approximate surface area is 379 Å². The van der Waals surface area contributed by atoms with E-state index < -0.39 is 12.1 Å². The van der Waals surface area contributed by atoms with Gasteiger partial charge in [0.2, 0.25) is 5.91 Å². The minimum absolute atomic E-state index is 0.0144. The van der Waals surface area contributed by atoms with E-state index in [0.29, 0.717) is 25.9 Å². The minimum Gasteiger partial charge on any atom is -0.466 e. The molecule has 0 bridgehead atoms. The molecule has 0 spiro atoms. The summed E-state index contributed by atoms with van der Waals surface area (Å²) in [6.07, 6.45) is 61.2. The van der Waals surface area contributed by atoms with E-state index in [4.69, 9.17) is 4.74 Å². The molecule has 0 saturated heterocycles. The van der Waals surface area contributed by atoms with Gasteiger partial charge in [0.25, 0.3) is 0 Å². The third-order valence-electron chi connectivity index (χ3n) is 12.2. The number of rotatable bonds is 49. The molecule has 61 heavy (non-hydrogen) atoms. The lowest BCUT2D eigenvalue weighted by molar-refractivity contribution is -0.143. The highest BCUT2D eigenvalue weighted by Crippen LogP contribution is 2.16. The predicted octanol–water partition coefficient (Wildman–Crippen LogP) is 16.1. The highest BCUT2D eigenvalue weighted by Gasteiger charge is 2.20. The van der Waals surface area contributed by atoms with Crippen molar-refractivity contribution in [2.45, 2.75) is 289 Å². The molecule has 0 rings (SSSR count). The van der Waals surface area contributed by atoms with Gasteiger partial charge in [-0.3, -0.25) is 9.59 Å². The number of hydrogen-bond donors (Lipinski definition) is 3. The number of aliphatic hydroxyl groups excluding tert-OH is 2. The lowest BCUT2D eigenvalue weighted by Gasteiger charge is -2.22. The molecule has 0 aromatic heterocycles. The Morgan fingerprint density at radius 1 is 0.459 bits per heavy atom. The van der Waals surface area contributed by atoms with Crippen LogP contribution in [-0.4, -0.2) is 47.4 Å². The summed E-state index contributed by atoms with van der Waals surface area (Å²) in [6, 6.07) is -0.552. The minimum atomic E-state index is -0.673. The number of carbonyl (C=O) groups is 2. The molecule has 3 N–H and O–H groups in total. The highest BCUT2D eigenvalue weighted by molar-refractivity contribution is 5.76. The van der Waals surface area contributed by atoms with Crippen molar-refractivity contribution >= 4 is 11.9 Å². The third-order valence-corrected chi connectivity index (χ3v) is 12.2. The van der Waals surface area contributed by atoms with E-state index in [1.54, 1.807) is 0 Å². The quantitative estimate of drug-likeness (QED) is 0.0322. The predicted molar refractivity (Wildman–Crippen MR) is 264 cm³/mol. The van der Waals surface area contributed by atoms with Gasteiger partial charge in [-0.2, -0.15) is 0 Å². The van der Waals surface area contributed by atoms with Gasteiger partial charge >= 0.3 is 5.97 Å². The van der Waals surface area contributed by atoms with Crippen LogP contribution in [0.5, 0.6) is 0 Å². The Hall–Kier alpha value is -1.92. The fraction of sp³-hybridized carbons (Fsp3) is 0.855. The summed E-state index contributed by atoms with van der Waals surface area (Å²) in [7, 11) is 0. The van der Waals surface area contributed by atoms with E-state index in [-0.39, 0.29) is 18.5 Å². The van der Waals surface area contributed by atoms with Crippen LogP contribution in [0.1, 0.15) is 277 Å². The molecule has 0 saturated carbocycles. The van der Waals surface area contributed by atoms with Crippen LogP contribution >= 0.6 is 0 Å². The smallest absolute Gasteiger partial charge is 0.305 e. The van der Waals surface area contributed by atoms with Crippen molar-refractivity contribution in [1.82, 2.24) is 5.32 Å². The molecule has 0 aromatic carbocycles. The second-order valence-electron chi connectivity index (χ2n) is 18.2. The molecular formula is C55H103NO5. The maximum Gasteiger partial charge on any atom is 0.305 e. The number of carbonyl (C=O) groups excluding carboxylic acids is 2. The second kappa shape index (κ2) is 50.7. The molecule has 358 valence electrons. The number of aliphatic hydroxyl groups is 2. The van der Waals surface area contributed by atoms with Gasteiger partial charge in [0.15, 0.2) is 0 Å². The summed E-state index contributed by atoms with van der Waals surface area (Å²) >= 11 is 0. The number of amides is 1. The Morgan fingerprint density at radius 3 is 1.30 bits per heavy atom. The first-order chi connectivity index (χ1) is 30.0. The molecule has 0 fully saturated rings. The average Bonchev–Trinajstić information content (AvgIpc) is 3.26. The molecule has 2 atom stereocenters. The maximum atomic E-state index is 12.4. The molecule has 0 aliphatic carbocycles. The van der Waals surface area contributed by atoms with E-state index in [9.17, 15) is 19.8 Å². The van der Waals surface area contributed by atoms with Crippen LogP contribution < -0.4 is 5.32 Å². The fourth-order valence-electron chi connectivity index (χ4n) is 8.02. The lowest BCUT2D eigenvalue weighted by atomic mass is 10.0. The standard InChI is InChI=1S/C55H103NO5/c1-3-5-7-9-11-13-15-16-17-18-19-20-23-26-29-33-37-41-45-49-55(60)61-50-46-42-38-34-30-27-24-21-22-25-28-32-36-40-44-48-54(59)56-52(51-57)53(58)47-43-39-35-31-14-12-10-8-6-4-2/h11,13,16-17,24,27,52-53,57-58H,3-10,12,14-15,18-23,25-26,28-51H2,1-2H3,(H,56,59)/b13-11-,17-16-,27-24-. The monoisotopic (exact) mass is 858 g/mol. The Kier molecular flexibility index (Phi) is 49.1. The van der Waals surface area contributed by atoms with Crippen LogP contribution in [0.2, 0.25) is 0 Å². The molecule has 2 unspecified atom stereocenters. The van der Waals surface area contributed by atoms with Crippen LogP contribution in [0.15, 0.2) is 36.5 Å². The van der Waals surface area contributed by atoms with Gasteiger partial charge < -0.3 is 20.3 Å². The fourth-order valence-corrected chi connectivity index (χ4v) is 8.02. The SMILES string of the molecule is CCCCC/C=C\C/C=C\CCCCCCCCCCCC(=O)OCCCCCC/C=C\CCCCCCCCCC(=O)NC(CO)C(O)CCCCCCCCCCCC. The number of allylic oxidation sites excluding steroid dienone is 6. The van der Waals surface area contributed by atoms with Crippen molar-refractivity contribution in [3.8, 4) is 0 Å². The zero-order valence-electron chi connectivity index (χ0n) is 40.6. The maximum absolute atomic E-state index is 12.4. The van der Waals surface area contributed by atoms with Crippen molar-refractivity contribution in [3.05, 3.63) is 36.5 Å². The Balaban J connectivity index is 3.45. The highest BCUT2D eigenvalue weighted by atomic mass is 16.5. The van der Waals surface area contributed by atoms with Gasteiger partial charge in [-0.25, -0.2) is 0 Å². The molecule has 0 aliphatic rings. The largest absolute Gasteiger partial charge is 0.466 e. The van der Waals surface area contributed by atoms with E-state index in [2.05, 4.69) is 55.6 Å². The summed E-state index contributed by atoms with van der Waals surface area (Å²) in [5.74, 6) is -0.0672. The molecule has 0 aliphatic heterocycles. The summed E-state index contributed by atoms with van der Waals surface area (Å²) < 4.78 is 5.47. The molecular weight excluding hydrogens is 755 g/mol. The molecule has 6 heteroatoms. The number of nitrogens with one attached hydrogen (secondary N) is 1. The molecule has 1 amide bonds. The Bertz CT molecular complexity index is 993. The van der Waals surface area contributed by atoms with Crippen molar-refractivity contribution in [1.29, 1.82) is 0 Å². The number of ether oxygens (including phenoxy) is 1. The molecule has 0 aromatic rings. The molecule has 6 nitrogen and oxygen atoms in total. The van der Waals surface area contributed by atoms with E-state index >= 15 is 0 Å². The molecule has 0 radical (unpaired) electrons. The van der Waals surface area contributed by atoms with Crippen molar-refractivity contribution in [2.24, 2.45) is 0 Å². The lowest BCUT2D eigenvalue weighted by Crippen LogP contribution is -2.45. The molecule has 0 heterocycles. The van der Waals surface area contributed by atoms with Crippen LogP contribution in [0, 0.1) is 0 Å². The summed E-state index contributed by atoms with van der Waals surface area (Å²) in [6.45, 7) is 4.87. The van der Waals surface area contributed by atoms with Crippen LogP contribution in [-0.2, 0) is 14.3 Å². The normalized spacial score (nSPS) is 12.9. The van der Waals surface area contributed by atoms with E-state index in [0.717, 1.165) is 77.0 Å². The summed E-state index contributed by atoms with van der Waals surface area (Å²) in [4.78, 5) is 24.5. The zero-order chi connectivity index (χ0) is 44.4. The van der Waals surface area contributed by atoms with Crippen LogP contribution in [0.25, 0.3) is 0 Å². The van der Waals surface area contributed by atoms with Crippen LogP contribution in [0.4, 0.5) is 0 Å². The van der Waals surface area contributed by atoms with Gasteiger partial charge in [0.05, 0.1) is 25.4 Å².